The fraction of sp³-hybridized carbons (Fsp3) is 0.917. The third-order valence-corrected chi connectivity index (χ3v) is 3.39. The van der Waals surface area contributed by atoms with Gasteiger partial charge >= 0.3 is 0 Å². The lowest BCUT2D eigenvalue weighted by molar-refractivity contribution is -0.133. The van der Waals surface area contributed by atoms with E-state index in [0.717, 1.165) is 32.4 Å². The molecule has 1 heterocycles. The standard InChI is InChI=1S/C12H24N2O2/c1-9(13)3-4-12(16)14-7-5-11(6-8-14)10(2)15/h9-11,15H,3-8,13H2,1-2H3. The Bertz CT molecular complexity index is 221. The number of nitrogens with zero attached hydrogens (tertiary/aromatic N) is 1. The van der Waals surface area contributed by atoms with E-state index in [4.69, 9.17) is 5.73 Å². The molecule has 16 heavy (non-hydrogen) atoms. The van der Waals surface area contributed by atoms with Crippen molar-refractivity contribution in [3.63, 3.8) is 0 Å². The van der Waals surface area contributed by atoms with Crippen LogP contribution >= 0.6 is 0 Å². The number of likely N-dealkylation sites (tertiary alicyclic amines) is 1. The second kappa shape index (κ2) is 6.21. The maximum absolute atomic E-state index is 11.8. The Balaban J connectivity index is 2.27. The molecule has 0 bridgehead atoms. The molecular formula is C12H24N2O2. The lowest BCUT2D eigenvalue weighted by atomic mass is 9.92. The van der Waals surface area contributed by atoms with Crippen molar-refractivity contribution in [2.45, 2.75) is 51.7 Å². The van der Waals surface area contributed by atoms with Gasteiger partial charge in [-0.3, -0.25) is 4.79 Å². The zero-order valence-corrected chi connectivity index (χ0v) is 10.4. The lowest BCUT2D eigenvalue weighted by Gasteiger charge is -2.33. The Morgan fingerprint density at radius 1 is 1.44 bits per heavy atom. The highest BCUT2D eigenvalue weighted by molar-refractivity contribution is 5.76. The van der Waals surface area contributed by atoms with Gasteiger partial charge in [-0.25, -0.2) is 0 Å². The average molecular weight is 228 g/mol. The van der Waals surface area contributed by atoms with Crippen LogP contribution in [0.15, 0.2) is 0 Å². The van der Waals surface area contributed by atoms with E-state index in [9.17, 15) is 9.90 Å². The molecule has 1 aliphatic heterocycles. The predicted molar refractivity (Wildman–Crippen MR) is 63.9 cm³/mol. The summed E-state index contributed by atoms with van der Waals surface area (Å²) in [6.07, 6.45) is 2.90. The van der Waals surface area contributed by atoms with Gasteiger partial charge in [0, 0.05) is 25.6 Å². The molecule has 94 valence electrons. The highest BCUT2D eigenvalue weighted by atomic mass is 16.3. The highest BCUT2D eigenvalue weighted by Crippen LogP contribution is 2.21. The first-order chi connectivity index (χ1) is 7.50. The van der Waals surface area contributed by atoms with Crippen molar-refractivity contribution >= 4 is 5.91 Å². The van der Waals surface area contributed by atoms with E-state index >= 15 is 0 Å². The quantitative estimate of drug-likeness (QED) is 0.745. The van der Waals surface area contributed by atoms with E-state index in [1.54, 1.807) is 0 Å². The van der Waals surface area contributed by atoms with Crippen LogP contribution < -0.4 is 5.73 Å². The number of hydrogen-bond acceptors (Lipinski definition) is 3. The van der Waals surface area contributed by atoms with Gasteiger partial charge in [-0.2, -0.15) is 0 Å². The molecular weight excluding hydrogens is 204 g/mol. The lowest BCUT2D eigenvalue weighted by Crippen LogP contribution is -2.41. The number of amides is 1. The minimum Gasteiger partial charge on any atom is -0.393 e. The van der Waals surface area contributed by atoms with Gasteiger partial charge in [-0.05, 0) is 39.0 Å². The maximum atomic E-state index is 11.8. The summed E-state index contributed by atoms with van der Waals surface area (Å²) in [7, 11) is 0. The molecule has 3 N–H and O–H groups in total. The van der Waals surface area contributed by atoms with E-state index < -0.39 is 0 Å². The van der Waals surface area contributed by atoms with Crippen molar-refractivity contribution in [3.05, 3.63) is 0 Å². The molecule has 1 amide bonds. The summed E-state index contributed by atoms with van der Waals surface area (Å²) in [5.74, 6) is 0.568. The molecule has 0 aromatic rings. The van der Waals surface area contributed by atoms with Crippen LogP contribution in [-0.4, -0.2) is 41.1 Å². The van der Waals surface area contributed by atoms with Crippen LogP contribution in [0.2, 0.25) is 0 Å². The van der Waals surface area contributed by atoms with Crippen LogP contribution in [-0.2, 0) is 4.79 Å². The van der Waals surface area contributed by atoms with Crippen LogP contribution in [0.5, 0.6) is 0 Å². The molecule has 4 heteroatoms. The largest absolute Gasteiger partial charge is 0.393 e. The van der Waals surface area contributed by atoms with E-state index in [0.29, 0.717) is 12.3 Å². The van der Waals surface area contributed by atoms with Gasteiger partial charge in [-0.1, -0.05) is 0 Å². The first-order valence-corrected chi connectivity index (χ1v) is 6.22. The van der Waals surface area contributed by atoms with Gasteiger partial charge in [0.25, 0.3) is 0 Å². The molecule has 0 saturated carbocycles. The molecule has 0 radical (unpaired) electrons. The smallest absolute Gasteiger partial charge is 0.222 e. The van der Waals surface area contributed by atoms with Crippen molar-refractivity contribution < 1.29 is 9.90 Å². The summed E-state index contributed by atoms with van der Waals surface area (Å²) in [5, 5.41) is 9.46. The summed E-state index contributed by atoms with van der Waals surface area (Å²) in [6.45, 7) is 5.33. The molecule has 2 atom stereocenters. The third kappa shape index (κ3) is 4.10. The fourth-order valence-electron chi connectivity index (χ4n) is 2.14. The molecule has 0 aromatic heterocycles. The summed E-state index contributed by atoms with van der Waals surface area (Å²) in [6, 6.07) is 0.0963. The zero-order valence-electron chi connectivity index (χ0n) is 10.4. The molecule has 0 aliphatic carbocycles. The first-order valence-electron chi connectivity index (χ1n) is 6.22. The summed E-state index contributed by atoms with van der Waals surface area (Å²) >= 11 is 0. The molecule has 0 spiro atoms. The predicted octanol–water partition coefficient (Wildman–Crippen LogP) is 0.733. The number of hydrogen-bond donors (Lipinski definition) is 2. The van der Waals surface area contributed by atoms with Crippen molar-refractivity contribution in [3.8, 4) is 0 Å². The highest BCUT2D eigenvalue weighted by Gasteiger charge is 2.24. The number of nitrogens with two attached hydrogens (primary N) is 1. The van der Waals surface area contributed by atoms with Crippen LogP contribution in [0.25, 0.3) is 0 Å². The molecule has 0 aromatic carbocycles. The van der Waals surface area contributed by atoms with Gasteiger partial charge < -0.3 is 15.7 Å². The van der Waals surface area contributed by atoms with E-state index in [1.165, 1.54) is 0 Å². The summed E-state index contributed by atoms with van der Waals surface area (Å²) in [4.78, 5) is 13.7. The third-order valence-electron chi connectivity index (χ3n) is 3.39. The number of aliphatic hydroxyl groups excluding tert-OH is 1. The SMILES string of the molecule is CC(N)CCC(=O)N1CCC(C(C)O)CC1. The van der Waals surface area contributed by atoms with E-state index in [1.807, 2.05) is 18.7 Å². The summed E-state index contributed by atoms with van der Waals surface area (Å²) < 4.78 is 0. The molecule has 1 rings (SSSR count). The monoisotopic (exact) mass is 228 g/mol. The second-order valence-electron chi connectivity index (χ2n) is 4.97. The average Bonchev–Trinajstić information content (AvgIpc) is 2.26. The fourth-order valence-corrected chi connectivity index (χ4v) is 2.14. The minimum atomic E-state index is -0.249. The van der Waals surface area contributed by atoms with Gasteiger partial charge in [0.15, 0.2) is 0 Å². The molecule has 2 unspecified atom stereocenters. The van der Waals surface area contributed by atoms with Crippen LogP contribution in [0, 0.1) is 5.92 Å². The molecule has 1 saturated heterocycles. The number of piperidine rings is 1. The second-order valence-corrected chi connectivity index (χ2v) is 4.97. The normalized spacial score (nSPS) is 21.9. The molecule has 1 fully saturated rings. The number of carbonyl (C=O) groups is 1. The van der Waals surface area contributed by atoms with E-state index in [-0.39, 0.29) is 18.1 Å². The van der Waals surface area contributed by atoms with Crippen LogP contribution in [0.1, 0.15) is 39.5 Å². The number of aliphatic hydroxyl groups is 1. The Labute approximate surface area is 97.8 Å². The Hall–Kier alpha value is -0.610. The van der Waals surface area contributed by atoms with Crippen molar-refractivity contribution in [1.29, 1.82) is 0 Å². The first kappa shape index (κ1) is 13.5. The van der Waals surface area contributed by atoms with Gasteiger partial charge in [0.1, 0.15) is 0 Å². The van der Waals surface area contributed by atoms with Crippen molar-refractivity contribution in [2.24, 2.45) is 11.7 Å². The topological polar surface area (TPSA) is 66.6 Å². The van der Waals surface area contributed by atoms with Crippen LogP contribution in [0.3, 0.4) is 0 Å². The van der Waals surface area contributed by atoms with E-state index in [2.05, 4.69) is 0 Å². The van der Waals surface area contributed by atoms with Crippen molar-refractivity contribution in [1.82, 2.24) is 4.90 Å². The Morgan fingerprint density at radius 2 is 2.00 bits per heavy atom. The Kier molecular flexibility index (Phi) is 5.22. The number of rotatable bonds is 4. The number of carbonyl (C=O) groups excluding carboxylic acids is 1. The Morgan fingerprint density at radius 3 is 2.44 bits per heavy atom. The zero-order chi connectivity index (χ0) is 12.1. The molecule has 4 nitrogen and oxygen atoms in total. The van der Waals surface area contributed by atoms with Gasteiger partial charge in [0.05, 0.1) is 6.10 Å². The maximum Gasteiger partial charge on any atom is 0.222 e. The minimum absolute atomic E-state index is 0.0963. The van der Waals surface area contributed by atoms with Crippen molar-refractivity contribution in [2.75, 3.05) is 13.1 Å². The van der Waals surface area contributed by atoms with Crippen LogP contribution in [0.4, 0.5) is 0 Å². The van der Waals surface area contributed by atoms with Gasteiger partial charge in [0.2, 0.25) is 5.91 Å². The summed E-state index contributed by atoms with van der Waals surface area (Å²) in [5.41, 5.74) is 5.63. The van der Waals surface area contributed by atoms with Gasteiger partial charge in [-0.15, -0.1) is 0 Å². The molecule has 1 aliphatic rings.